The van der Waals surface area contributed by atoms with Gasteiger partial charge in [0.2, 0.25) is 0 Å². The van der Waals surface area contributed by atoms with E-state index < -0.39 is 0 Å². The third kappa shape index (κ3) is 7.00. The van der Waals surface area contributed by atoms with Crippen molar-refractivity contribution < 1.29 is 0 Å². The van der Waals surface area contributed by atoms with Crippen LogP contribution in [0.2, 0.25) is 10.6 Å². The molecule has 0 unspecified atom stereocenters. The van der Waals surface area contributed by atoms with Crippen LogP contribution in [0, 0.1) is 0 Å². The summed E-state index contributed by atoms with van der Waals surface area (Å²) in [5.74, 6) is 0. The quantitative estimate of drug-likeness (QED) is 0.494. The Morgan fingerprint density at radius 2 is 1.43 bits per heavy atom. The summed E-state index contributed by atoms with van der Waals surface area (Å²) in [5.41, 5.74) is 0. The molecular weight excluding hydrogens is 220 g/mol. The van der Waals surface area contributed by atoms with Crippen molar-refractivity contribution in [3.05, 3.63) is 0 Å². The van der Waals surface area contributed by atoms with Crippen LogP contribution in [0.3, 0.4) is 0 Å². The number of nitrogens with one attached hydrogen (secondary N) is 1. The van der Waals surface area contributed by atoms with Gasteiger partial charge in [-0.05, 0) is 0 Å². The van der Waals surface area contributed by atoms with Crippen LogP contribution >= 0.6 is 0 Å². The van der Waals surface area contributed by atoms with Crippen molar-refractivity contribution in [1.82, 2.24) is 5.32 Å². The van der Waals surface area contributed by atoms with E-state index in [4.69, 9.17) is 0 Å². The van der Waals surface area contributed by atoms with Gasteiger partial charge in [-0.15, -0.1) is 0 Å². The molecule has 0 radical (unpaired) electrons. The maximum absolute atomic E-state index is 3.25. The first-order valence-corrected chi connectivity index (χ1v) is 4.99. The Kier molecular flexibility index (Phi) is 8.00. The molecule has 0 heterocycles. The van der Waals surface area contributed by atoms with Crippen LogP contribution in [-0.2, 0) is 0 Å². The zero-order chi connectivity index (χ0) is 5.54. The zero-order valence-electron chi connectivity index (χ0n) is 4.22. The fourth-order valence-electron chi connectivity index (χ4n) is 0.283. The SMILES string of the molecule is [SeH]CCNCC[SeH]. The minimum atomic E-state index is 1.14. The van der Waals surface area contributed by atoms with Crippen molar-refractivity contribution in [3.8, 4) is 0 Å². The van der Waals surface area contributed by atoms with E-state index in [0.29, 0.717) is 0 Å². The Labute approximate surface area is 61.3 Å². The second kappa shape index (κ2) is 7.00. The molecule has 0 aromatic rings. The van der Waals surface area contributed by atoms with Crippen LogP contribution in [0.15, 0.2) is 0 Å². The summed E-state index contributed by atoms with van der Waals surface area (Å²) in [7, 11) is 0. The fraction of sp³-hybridized carbons (Fsp3) is 1.00. The summed E-state index contributed by atoms with van der Waals surface area (Å²) in [6, 6.07) is 0. The van der Waals surface area contributed by atoms with Gasteiger partial charge in [-0.1, -0.05) is 0 Å². The third-order valence-corrected chi connectivity index (χ3v) is 1.52. The Bertz CT molecular complexity index is 28.9. The molecule has 0 saturated heterocycles. The van der Waals surface area contributed by atoms with Crippen LogP contribution in [0.4, 0.5) is 0 Å². The van der Waals surface area contributed by atoms with Gasteiger partial charge in [0.25, 0.3) is 0 Å². The summed E-state index contributed by atoms with van der Waals surface area (Å²) in [4.78, 5) is 0. The second-order valence-electron chi connectivity index (χ2n) is 1.20. The normalized spacial score (nSPS) is 9.43. The Hall–Kier alpha value is 0.999. The summed E-state index contributed by atoms with van der Waals surface area (Å²) in [5, 5.41) is 5.61. The van der Waals surface area contributed by atoms with Crippen molar-refractivity contribution in [2.45, 2.75) is 10.6 Å². The van der Waals surface area contributed by atoms with Crippen molar-refractivity contribution >= 4 is 32.0 Å². The predicted molar refractivity (Wildman–Crippen MR) is 36.8 cm³/mol. The summed E-state index contributed by atoms with van der Waals surface area (Å²) in [6.45, 7) is 2.27. The molecule has 0 bridgehead atoms. The maximum atomic E-state index is 3.25. The Morgan fingerprint density at radius 1 is 1.00 bits per heavy atom. The number of hydrogen-bond acceptors (Lipinski definition) is 1. The van der Waals surface area contributed by atoms with Crippen LogP contribution in [0.25, 0.3) is 0 Å². The van der Waals surface area contributed by atoms with E-state index in [1.54, 1.807) is 0 Å². The number of hydrogen-bond donors (Lipinski definition) is 1. The molecule has 0 rings (SSSR count). The molecule has 0 saturated carbocycles. The van der Waals surface area contributed by atoms with Gasteiger partial charge in [-0.25, -0.2) is 0 Å². The molecule has 0 fully saturated rings. The summed E-state index contributed by atoms with van der Waals surface area (Å²) >= 11 is 5.11. The minimum absolute atomic E-state index is 1.14. The molecule has 0 aromatic heterocycles. The monoisotopic (exact) mass is 233 g/mol. The molecule has 3 heteroatoms. The Balaban J connectivity index is 2.45. The molecule has 0 aliphatic rings. The Morgan fingerprint density at radius 3 is 1.71 bits per heavy atom. The molecule has 0 amide bonds. The second-order valence-corrected chi connectivity index (χ2v) is 3.07. The third-order valence-electron chi connectivity index (χ3n) is 0.577. The van der Waals surface area contributed by atoms with Crippen molar-refractivity contribution in [1.29, 1.82) is 0 Å². The molecule has 0 spiro atoms. The average molecular weight is 231 g/mol. The van der Waals surface area contributed by atoms with Crippen molar-refractivity contribution in [2.24, 2.45) is 0 Å². The summed E-state index contributed by atoms with van der Waals surface area (Å²) in [6.07, 6.45) is 0. The summed E-state index contributed by atoms with van der Waals surface area (Å²) < 4.78 is 0. The van der Waals surface area contributed by atoms with Gasteiger partial charge in [-0.3, -0.25) is 0 Å². The van der Waals surface area contributed by atoms with Crippen molar-refractivity contribution in [3.63, 3.8) is 0 Å². The van der Waals surface area contributed by atoms with Gasteiger partial charge >= 0.3 is 61.1 Å². The molecule has 0 atom stereocenters. The average Bonchev–Trinajstić information content (AvgIpc) is 1.69. The van der Waals surface area contributed by atoms with Gasteiger partial charge in [-0.2, -0.15) is 0 Å². The molecular formula is C4H11NSe2. The van der Waals surface area contributed by atoms with Gasteiger partial charge in [0, 0.05) is 0 Å². The van der Waals surface area contributed by atoms with Gasteiger partial charge in [0.05, 0.1) is 0 Å². The van der Waals surface area contributed by atoms with Gasteiger partial charge < -0.3 is 0 Å². The van der Waals surface area contributed by atoms with E-state index in [9.17, 15) is 0 Å². The predicted octanol–water partition coefficient (Wildman–Crippen LogP) is -0.786. The van der Waals surface area contributed by atoms with E-state index in [0.717, 1.165) is 13.1 Å². The zero-order valence-corrected chi connectivity index (χ0v) is 7.98. The number of rotatable bonds is 4. The molecule has 7 heavy (non-hydrogen) atoms. The molecule has 0 aliphatic heterocycles. The molecule has 1 N–H and O–H groups in total. The van der Waals surface area contributed by atoms with Crippen LogP contribution < -0.4 is 5.32 Å². The van der Waals surface area contributed by atoms with E-state index in [-0.39, 0.29) is 0 Å². The van der Waals surface area contributed by atoms with Crippen LogP contribution in [0.5, 0.6) is 0 Å². The van der Waals surface area contributed by atoms with E-state index in [2.05, 4.69) is 37.3 Å². The molecule has 0 aromatic carbocycles. The standard InChI is InChI=1S/C4H11NSe2/c6-3-1-5-2-4-7/h5-7H,1-4H2. The van der Waals surface area contributed by atoms with Crippen LogP contribution in [-0.4, -0.2) is 45.1 Å². The fourth-order valence-corrected chi connectivity index (χ4v) is 0.947. The van der Waals surface area contributed by atoms with Crippen LogP contribution in [0.1, 0.15) is 0 Å². The first kappa shape index (κ1) is 8.00. The van der Waals surface area contributed by atoms with Crippen molar-refractivity contribution in [2.75, 3.05) is 13.1 Å². The van der Waals surface area contributed by atoms with E-state index in [1.165, 1.54) is 10.6 Å². The molecule has 0 aliphatic carbocycles. The van der Waals surface area contributed by atoms with E-state index >= 15 is 0 Å². The first-order chi connectivity index (χ1) is 3.41. The van der Waals surface area contributed by atoms with Gasteiger partial charge in [0.15, 0.2) is 0 Å². The first-order valence-electron chi connectivity index (χ1n) is 2.34. The van der Waals surface area contributed by atoms with E-state index in [1.807, 2.05) is 0 Å². The molecule has 1 nitrogen and oxygen atoms in total. The topological polar surface area (TPSA) is 12.0 Å². The van der Waals surface area contributed by atoms with Gasteiger partial charge in [0.1, 0.15) is 0 Å². The molecule has 44 valence electrons.